The third-order valence-corrected chi connectivity index (χ3v) is 5.91. The molecule has 0 aliphatic carbocycles. The summed E-state index contributed by atoms with van der Waals surface area (Å²) in [5.74, 6) is 1.01. The highest BCUT2D eigenvalue weighted by molar-refractivity contribution is 5.82. The first-order valence-corrected chi connectivity index (χ1v) is 12.6. The van der Waals surface area contributed by atoms with E-state index in [-0.39, 0.29) is 36.4 Å². The predicted molar refractivity (Wildman–Crippen MR) is 136 cm³/mol. The quantitative estimate of drug-likeness (QED) is 0.533. The van der Waals surface area contributed by atoms with E-state index in [0.29, 0.717) is 13.0 Å². The van der Waals surface area contributed by atoms with Crippen LogP contribution in [0.15, 0.2) is 0 Å². The third kappa shape index (κ3) is 13.6. The molecule has 2 rings (SSSR count). The minimum atomic E-state index is -0.124. The number of likely N-dealkylation sites (tertiary alicyclic amines) is 2. The molecule has 0 aromatic heterocycles. The van der Waals surface area contributed by atoms with Gasteiger partial charge in [-0.05, 0) is 64.2 Å². The van der Waals surface area contributed by atoms with E-state index >= 15 is 0 Å². The molecule has 0 spiro atoms. The molecule has 2 aliphatic heterocycles. The molecule has 2 saturated heterocycles. The summed E-state index contributed by atoms with van der Waals surface area (Å²) in [6.45, 7) is 14.8. The first-order chi connectivity index (χ1) is 15.5. The second kappa shape index (κ2) is 17.8. The minimum absolute atomic E-state index is 0.00208. The Morgan fingerprint density at radius 2 is 1.61 bits per heavy atom. The maximum Gasteiger partial charge on any atom is 0.241 e. The highest BCUT2D eigenvalue weighted by Crippen LogP contribution is 2.21. The summed E-state index contributed by atoms with van der Waals surface area (Å²) < 4.78 is 0. The molecule has 2 aliphatic rings. The molecule has 0 radical (unpaired) electrons. The fourth-order valence-corrected chi connectivity index (χ4v) is 4.02. The maximum atomic E-state index is 12.1. The standard InChI is InChI=1S/C15H28N4O3.C6H13N.C4H10/c1-11(2)13(18(4)14(21)8-17-10-20)9-19-7-5-6-12(19)15(22)16-3;1-7-5-3-2-4-6-7;1-4(2)3/h10-13H,5-9H2,1-4H3,(H,16,22)(H,17,20);2-6H2,1H3;4H,1-3H3/t12-,13+;;/m0../s1. The van der Waals surface area contributed by atoms with Crippen LogP contribution in [0.2, 0.25) is 0 Å². The Morgan fingerprint density at radius 1 is 1.03 bits per heavy atom. The molecule has 2 N–H and O–H groups in total. The van der Waals surface area contributed by atoms with E-state index in [1.165, 1.54) is 32.4 Å². The van der Waals surface area contributed by atoms with Crippen molar-refractivity contribution in [3.05, 3.63) is 0 Å². The Labute approximate surface area is 202 Å². The van der Waals surface area contributed by atoms with Gasteiger partial charge in [-0.15, -0.1) is 0 Å². The van der Waals surface area contributed by atoms with Crippen molar-refractivity contribution in [2.45, 2.75) is 78.8 Å². The molecule has 0 aromatic rings. The summed E-state index contributed by atoms with van der Waals surface area (Å²) in [5.41, 5.74) is 0. The first kappa shape index (κ1) is 31.3. The number of rotatable bonds is 8. The average molecular weight is 470 g/mol. The van der Waals surface area contributed by atoms with Gasteiger partial charge in [-0.3, -0.25) is 19.3 Å². The topological polar surface area (TPSA) is 85.0 Å². The lowest BCUT2D eigenvalue weighted by molar-refractivity contribution is -0.133. The van der Waals surface area contributed by atoms with Crippen LogP contribution in [0.4, 0.5) is 0 Å². The van der Waals surface area contributed by atoms with Crippen LogP contribution in [0.5, 0.6) is 0 Å². The highest BCUT2D eigenvalue weighted by Gasteiger charge is 2.34. The number of hydrogen-bond donors (Lipinski definition) is 2. The van der Waals surface area contributed by atoms with Gasteiger partial charge in [0.1, 0.15) is 0 Å². The fraction of sp³-hybridized carbons (Fsp3) is 0.880. The molecule has 2 fully saturated rings. The van der Waals surface area contributed by atoms with Crippen molar-refractivity contribution in [2.75, 3.05) is 53.9 Å². The van der Waals surface area contributed by atoms with E-state index in [4.69, 9.17) is 0 Å². The molecule has 0 saturated carbocycles. The molecule has 33 heavy (non-hydrogen) atoms. The maximum absolute atomic E-state index is 12.1. The number of carbonyl (C=O) groups is 3. The van der Waals surface area contributed by atoms with Crippen molar-refractivity contribution in [1.29, 1.82) is 0 Å². The number of amides is 3. The van der Waals surface area contributed by atoms with Crippen molar-refractivity contribution >= 4 is 18.2 Å². The predicted octanol–water partition coefficient (Wildman–Crippen LogP) is 2.19. The van der Waals surface area contributed by atoms with Crippen LogP contribution >= 0.6 is 0 Å². The van der Waals surface area contributed by atoms with Crippen LogP contribution in [0.3, 0.4) is 0 Å². The van der Waals surface area contributed by atoms with Gasteiger partial charge in [0.25, 0.3) is 0 Å². The zero-order valence-corrected chi connectivity index (χ0v) is 22.5. The van der Waals surface area contributed by atoms with Gasteiger partial charge in [0.2, 0.25) is 18.2 Å². The lowest BCUT2D eigenvalue weighted by atomic mass is 10.0. The second-order valence-electron chi connectivity index (χ2n) is 10.2. The summed E-state index contributed by atoms with van der Waals surface area (Å²) >= 11 is 0. The lowest BCUT2D eigenvalue weighted by Crippen LogP contribution is -2.52. The van der Waals surface area contributed by atoms with E-state index < -0.39 is 0 Å². The zero-order chi connectivity index (χ0) is 25.4. The highest BCUT2D eigenvalue weighted by atomic mass is 16.2. The summed E-state index contributed by atoms with van der Waals surface area (Å²) in [6.07, 6.45) is 6.65. The van der Waals surface area contributed by atoms with Crippen molar-refractivity contribution in [1.82, 2.24) is 25.3 Å². The average Bonchev–Trinajstić information content (AvgIpc) is 3.23. The summed E-state index contributed by atoms with van der Waals surface area (Å²) in [4.78, 5) is 40.6. The third-order valence-electron chi connectivity index (χ3n) is 5.91. The van der Waals surface area contributed by atoms with Gasteiger partial charge in [-0.25, -0.2) is 0 Å². The molecule has 3 amide bonds. The van der Waals surface area contributed by atoms with E-state index in [1.54, 1.807) is 19.0 Å². The van der Waals surface area contributed by atoms with Gasteiger partial charge < -0.3 is 20.4 Å². The van der Waals surface area contributed by atoms with Crippen molar-refractivity contribution in [3.63, 3.8) is 0 Å². The molecule has 2 atom stereocenters. The van der Waals surface area contributed by atoms with Crippen LogP contribution in [-0.2, 0) is 14.4 Å². The molecule has 0 aromatic carbocycles. The monoisotopic (exact) mass is 469 g/mol. The Balaban J connectivity index is 0.000000759. The Bertz CT molecular complexity index is 547. The summed E-state index contributed by atoms with van der Waals surface area (Å²) in [5, 5.41) is 5.11. The number of nitrogens with one attached hydrogen (secondary N) is 2. The van der Waals surface area contributed by atoms with Crippen LogP contribution in [-0.4, -0.2) is 98.9 Å². The molecular weight excluding hydrogens is 418 g/mol. The molecule has 2 heterocycles. The van der Waals surface area contributed by atoms with Crippen LogP contribution in [0, 0.1) is 11.8 Å². The van der Waals surface area contributed by atoms with Crippen LogP contribution < -0.4 is 10.6 Å². The van der Waals surface area contributed by atoms with E-state index in [2.05, 4.69) is 62.1 Å². The fourth-order valence-electron chi connectivity index (χ4n) is 4.02. The number of likely N-dealkylation sites (N-methyl/N-ethyl adjacent to an activating group) is 2. The van der Waals surface area contributed by atoms with Gasteiger partial charge in [-0.1, -0.05) is 41.0 Å². The number of carbonyl (C=O) groups excluding carboxylic acids is 3. The van der Waals surface area contributed by atoms with E-state index in [9.17, 15) is 14.4 Å². The zero-order valence-electron chi connectivity index (χ0n) is 22.5. The molecule has 0 unspecified atom stereocenters. The van der Waals surface area contributed by atoms with Gasteiger partial charge in [0.05, 0.1) is 12.6 Å². The molecule has 0 bridgehead atoms. The van der Waals surface area contributed by atoms with Crippen LogP contribution in [0.1, 0.15) is 66.7 Å². The normalized spacial score (nSPS) is 19.6. The molecule has 8 nitrogen and oxygen atoms in total. The minimum Gasteiger partial charge on any atom is -0.358 e. The number of piperidine rings is 1. The molecular formula is C25H51N5O3. The van der Waals surface area contributed by atoms with Gasteiger partial charge in [-0.2, -0.15) is 0 Å². The van der Waals surface area contributed by atoms with Gasteiger partial charge in [0, 0.05) is 26.7 Å². The summed E-state index contributed by atoms with van der Waals surface area (Å²) in [7, 11) is 5.60. The number of nitrogens with zero attached hydrogens (tertiary/aromatic N) is 3. The Hall–Kier alpha value is -1.67. The van der Waals surface area contributed by atoms with Gasteiger partial charge in [0.15, 0.2) is 0 Å². The van der Waals surface area contributed by atoms with Crippen LogP contribution in [0.25, 0.3) is 0 Å². The lowest BCUT2D eigenvalue weighted by Gasteiger charge is -2.36. The Kier molecular flexibility index (Phi) is 16.9. The second-order valence-corrected chi connectivity index (χ2v) is 10.2. The van der Waals surface area contributed by atoms with E-state index in [0.717, 1.165) is 25.3 Å². The van der Waals surface area contributed by atoms with Crippen molar-refractivity contribution in [3.8, 4) is 0 Å². The number of hydrogen-bond acceptors (Lipinski definition) is 5. The largest absolute Gasteiger partial charge is 0.358 e. The SMILES string of the molecule is CC(C)C.CN1CCCCC1.CNC(=O)[C@@H]1CCCN1C[C@H](C(C)C)N(C)C(=O)CNC=O. The van der Waals surface area contributed by atoms with Crippen molar-refractivity contribution in [2.24, 2.45) is 11.8 Å². The van der Waals surface area contributed by atoms with E-state index in [1.807, 2.05) is 0 Å². The summed E-state index contributed by atoms with van der Waals surface area (Å²) in [6, 6.07) is -0.103. The first-order valence-electron chi connectivity index (χ1n) is 12.6. The van der Waals surface area contributed by atoms with Gasteiger partial charge >= 0.3 is 0 Å². The van der Waals surface area contributed by atoms with Crippen molar-refractivity contribution < 1.29 is 14.4 Å². The molecule has 8 heteroatoms. The molecule has 194 valence electrons. The Morgan fingerprint density at radius 3 is 2.03 bits per heavy atom. The smallest absolute Gasteiger partial charge is 0.241 e.